The second kappa shape index (κ2) is 3.85. The van der Waals surface area contributed by atoms with E-state index in [4.69, 9.17) is 0 Å². The van der Waals surface area contributed by atoms with Crippen LogP contribution in [0.5, 0.6) is 0 Å². The maximum absolute atomic E-state index is 2.16. The summed E-state index contributed by atoms with van der Waals surface area (Å²) in [6.45, 7) is 4.32. The lowest BCUT2D eigenvalue weighted by atomic mass is 9.97. The first-order valence-electron chi connectivity index (χ1n) is 5.20. The highest BCUT2D eigenvalue weighted by Crippen LogP contribution is 2.25. The maximum Gasteiger partial charge on any atom is 0.169 e. The first-order valence-corrected chi connectivity index (χ1v) is 5.20. The Morgan fingerprint density at radius 2 is 1.40 bits per heavy atom. The van der Waals surface area contributed by atoms with Crippen LogP contribution in [0.1, 0.15) is 11.1 Å². The Morgan fingerprint density at radius 3 is 1.93 bits per heavy atom. The van der Waals surface area contributed by atoms with E-state index < -0.39 is 0 Å². The zero-order valence-electron chi connectivity index (χ0n) is 9.49. The van der Waals surface area contributed by atoms with E-state index in [1.54, 1.807) is 0 Å². The molecule has 0 amide bonds. The van der Waals surface area contributed by atoms with Gasteiger partial charge in [-0.3, -0.25) is 0 Å². The Kier molecular flexibility index (Phi) is 2.55. The van der Waals surface area contributed by atoms with Crippen LogP contribution in [-0.4, -0.2) is 0 Å². The lowest BCUT2D eigenvalue weighted by Gasteiger charge is -2.08. The molecule has 0 spiro atoms. The van der Waals surface area contributed by atoms with Gasteiger partial charge in [-0.1, -0.05) is 18.2 Å². The molecule has 0 bridgehead atoms. The molecule has 2 aromatic rings. The molecule has 0 unspecified atom stereocenters. The number of benzene rings is 1. The van der Waals surface area contributed by atoms with Crippen LogP contribution in [-0.2, 0) is 7.05 Å². The summed E-state index contributed by atoms with van der Waals surface area (Å²) in [7, 11) is 2.04. The fourth-order valence-electron chi connectivity index (χ4n) is 1.94. The van der Waals surface area contributed by atoms with Crippen molar-refractivity contribution in [2.45, 2.75) is 13.8 Å². The minimum absolute atomic E-state index is 1.30. The number of pyridine rings is 1. The summed E-state index contributed by atoms with van der Waals surface area (Å²) in [4.78, 5) is 0. The summed E-state index contributed by atoms with van der Waals surface area (Å²) in [5.41, 5.74) is 5.33. The second-order valence-electron chi connectivity index (χ2n) is 4.02. The van der Waals surface area contributed by atoms with E-state index in [1.807, 2.05) is 7.05 Å². The average molecular weight is 198 g/mol. The van der Waals surface area contributed by atoms with Crippen LogP contribution < -0.4 is 4.57 Å². The monoisotopic (exact) mass is 198 g/mol. The smallest absolute Gasteiger partial charge is 0.169 e. The Morgan fingerprint density at radius 1 is 0.867 bits per heavy atom. The minimum atomic E-state index is 1.30. The minimum Gasteiger partial charge on any atom is -0.208 e. The van der Waals surface area contributed by atoms with Crippen molar-refractivity contribution in [2.75, 3.05) is 0 Å². The molecule has 0 aliphatic rings. The van der Waals surface area contributed by atoms with Gasteiger partial charge in [0, 0.05) is 12.1 Å². The molecule has 0 aliphatic carbocycles. The van der Waals surface area contributed by atoms with Crippen LogP contribution in [0.4, 0.5) is 0 Å². The molecule has 0 radical (unpaired) electrons. The number of aromatic nitrogens is 1. The number of hydrogen-bond acceptors (Lipinski definition) is 0. The summed E-state index contributed by atoms with van der Waals surface area (Å²) < 4.78 is 2.05. The van der Waals surface area contributed by atoms with Crippen molar-refractivity contribution in [1.82, 2.24) is 0 Å². The lowest BCUT2D eigenvalue weighted by Crippen LogP contribution is -2.25. The first kappa shape index (κ1) is 9.91. The van der Waals surface area contributed by atoms with Gasteiger partial charge in [0.25, 0.3) is 0 Å². The SMILES string of the molecule is Cc1cccc(C)c1-c1cc[n+](C)cc1. The third kappa shape index (κ3) is 1.91. The van der Waals surface area contributed by atoms with Crippen molar-refractivity contribution in [2.24, 2.45) is 7.05 Å². The number of nitrogens with zero attached hydrogens (tertiary/aromatic N) is 1. The van der Waals surface area contributed by atoms with Crippen molar-refractivity contribution in [3.05, 3.63) is 53.9 Å². The molecule has 2 rings (SSSR count). The molecular formula is C14H16N+. The van der Waals surface area contributed by atoms with Gasteiger partial charge < -0.3 is 0 Å². The van der Waals surface area contributed by atoms with Gasteiger partial charge in [-0.15, -0.1) is 0 Å². The van der Waals surface area contributed by atoms with Crippen molar-refractivity contribution >= 4 is 0 Å². The van der Waals surface area contributed by atoms with Gasteiger partial charge in [0.2, 0.25) is 0 Å². The molecule has 0 N–H and O–H groups in total. The Bertz CT molecular complexity index is 449. The zero-order chi connectivity index (χ0) is 10.8. The van der Waals surface area contributed by atoms with Crippen LogP contribution in [0.15, 0.2) is 42.7 Å². The van der Waals surface area contributed by atoms with Crippen LogP contribution in [0.25, 0.3) is 11.1 Å². The van der Waals surface area contributed by atoms with E-state index in [1.165, 1.54) is 22.3 Å². The highest BCUT2D eigenvalue weighted by atomic mass is 14.9. The van der Waals surface area contributed by atoms with E-state index in [0.717, 1.165) is 0 Å². The van der Waals surface area contributed by atoms with Gasteiger partial charge >= 0.3 is 0 Å². The van der Waals surface area contributed by atoms with E-state index in [-0.39, 0.29) is 0 Å². The molecule has 1 nitrogen and oxygen atoms in total. The molecule has 15 heavy (non-hydrogen) atoms. The molecule has 1 aromatic heterocycles. The molecule has 0 saturated heterocycles. The average Bonchev–Trinajstić information content (AvgIpc) is 2.20. The molecule has 1 heterocycles. The summed E-state index contributed by atoms with van der Waals surface area (Å²) in [5.74, 6) is 0. The molecular weight excluding hydrogens is 182 g/mol. The van der Waals surface area contributed by atoms with Gasteiger partial charge in [-0.25, -0.2) is 4.57 Å². The van der Waals surface area contributed by atoms with Crippen molar-refractivity contribution in [1.29, 1.82) is 0 Å². The maximum atomic E-state index is 2.16. The molecule has 76 valence electrons. The Labute approximate surface area is 91.0 Å². The highest BCUT2D eigenvalue weighted by Gasteiger charge is 2.05. The van der Waals surface area contributed by atoms with Gasteiger partial charge in [0.05, 0.1) is 0 Å². The quantitative estimate of drug-likeness (QED) is 0.620. The predicted molar refractivity (Wildman–Crippen MR) is 62.5 cm³/mol. The zero-order valence-corrected chi connectivity index (χ0v) is 9.49. The van der Waals surface area contributed by atoms with Crippen molar-refractivity contribution in [3.8, 4) is 11.1 Å². The van der Waals surface area contributed by atoms with Gasteiger partial charge in [-0.05, 0) is 36.1 Å². The number of hydrogen-bond donors (Lipinski definition) is 0. The molecule has 1 heteroatoms. The van der Waals surface area contributed by atoms with E-state index in [2.05, 4.69) is 61.1 Å². The van der Waals surface area contributed by atoms with Crippen molar-refractivity contribution in [3.63, 3.8) is 0 Å². The molecule has 1 aromatic carbocycles. The predicted octanol–water partition coefficient (Wildman–Crippen LogP) is 2.79. The third-order valence-electron chi connectivity index (χ3n) is 2.75. The molecule has 0 fully saturated rings. The normalized spacial score (nSPS) is 10.3. The Hall–Kier alpha value is -1.63. The highest BCUT2D eigenvalue weighted by molar-refractivity contribution is 5.69. The van der Waals surface area contributed by atoms with Crippen LogP contribution >= 0.6 is 0 Å². The van der Waals surface area contributed by atoms with Gasteiger partial charge in [0.15, 0.2) is 12.4 Å². The van der Waals surface area contributed by atoms with Gasteiger partial charge in [-0.2, -0.15) is 0 Å². The molecule has 0 aliphatic heterocycles. The molecule has 0 atom stereocenters. The lowest BCUT2D eigenvalue weighted by molar-refractivity contribution is -0.671. The van der Waals surface area contributed by atoms with Crippen molar-refractivity contribution < 1.29 is 4.57 Å². The van der Waals surface area contributed by atoms with Gasteiger partial charge in [0.1, 0.15) is 7.05 Å². The summed E-state index contributed by atoms with van der Waals surface area (Å²) in [5, 5.41) is 0. The number of rotatable bonds is 1. The molecule has 0 saturated carbocycles. The van der Waals surface area contributed by atoms with E-state index in [9.17, 15) is 0 Å². The largest absolute Gasteiger partial charge is 0.208 e. The Balaban J connectivity index is 2.58. The fourth-order valence-corrected chi connectivity index (χ4v) is 1.94. The fraction of sp³-hybridized carbons (Fsp3) is 0.214. The third-order valence-corrected chi connectivity index (χ3v) is 2.75. The van der Waals surface area contributed by atoms with E-state index >= 15 is 0 Å². The first-order chi connectivity index (χ1) is 7.18. The summed E-state index contributed by atoms with van der Waals surface area (Å²) >= 11 is 0. The standard InChI is InChI=1S/C14H16N/c1-11-5-4-6-12(2)14(11)13-7-9-15(3)10-8-13/h4-10H,1-3H3/q+1. The van der Waals surface area contributed by atoms with E-state index in [0.29, 0.717) is 0 Å². The second-order valence-corrected chi connectivity index (χ2v) is 4.02. The number of aryl methyl sites for hydroxylation is 3. The van der Waals surface area contributed by atoms with Crippen LogP contribution in [0.2, 0.25) is 0 Å². The van der Waals surface area contributed by atoms with Crippen LogP contribution in [0, 0.1) is 13.8 Å². The topological polar surface area (TPSA) is 3.88 Å². The van der Waals surface area contributed by atoms with Crippen LogP contribution in [0.3, 0.4) is 0 Å². The summed E-state index contributed by atoms with van der Waals surface area (Å²) in [6, 6.07) is 10.8. The summed E-state index contributed by atoms with van der Waals surface area (Å²) in [6.07, 6.45) is 4.17.